The molecule has 0 amide bonds. The molecule has 0 saturated heterocycles. The maximum absolute atomic E-state index is 3.33. The topological polar surface area (TPSA) is 12.0 Å². The summed E-state index contributed by atoms with van der Waals surface area (Å²) in [4.78, 5) is 0. The molecule has 1 fully saturated rings. The van der Waals surface area contributed by atoms with Crippen LogP contribution in [0.5, 0.6) is 0 Å². The van der Waals surface area contributed by atoms with Crippen molar-refractivity contribution >= 4 is 0 Å². The minimum Gasteiger partial charge on any atom is -0.317 e. The molecule has 0 aromatic heterocycles. The van der Waals surface area contributed by atoms with Gasteiger partial charge in [0, 0.05) is 6.04 Å². The lowest BCUT2D eigenvalue weighted by molar-refractivity contribution is 0.291. The summed E-state index contributed by atoms with van der Waals surface area (Å²) in [6.45, 7) is 10.3. The van der Waals surface area contributed by atoms with Crippen LogP contribution in [0, 0.1) is 5.92 Å². The van der Waals surface area contributed by atoms with E-state index < -0.39 is 0 Å². The van der Waals surface area contributed by atoms with Crippen molar-refractivity contribution in [3.05, 3.63) is 0 Å². The molecule has 0 aromatic rings. The second kappa shape index (κ2) is 13.0. The van der Waals surface area contributed by atoms with E-state index in [-0.39, 0.29) is 0 Å². The van der Waals surface area contributed by atoms with Gasteiger partial charge in [0.15, 0.2) is 0 Å². The first-order valence-electron chi connectivity index (χ1n) is 6.52. The zero-order valence-electron chi connectivity index (χ0n) is 11.2. The summed E-state index contributed by atoms with van der Waals surface area (Å²) in [7, 11) is 2.07. The largest absolute Gasteiger partial charge is 0.317 e. The summed E-state index contributed by atoms with van der Waals surface area (Å²) in [6.07, 6.45) is 7.27. The van der Waals surface area contributed by atoms with E-state index in [0.29, 0.717) is 0 Å². The van der Waals surface area contributed by atoms with Crippen molar-refractivity contribution in [2.45, 2.75) is 72.8 Å². The Bertz CT molecular complexity index is 85.2. The average molecular weight is 201 g/mol. The molecule has 0 aromatic carbocycles. The Morgan fingerprint density at radius 2 is 1.36 bits per heavy atom. The van der Waals surface area contributed by atoms with Crippen molar-refractivity contribution in [3.8, 4) is 0 Å². The van der Waals surface area contributed by atoms with Crippen molar-refractivity contribution in [1.29, 1.82) is 0 Å². The maximum atomic E-state index is 3.33. The first-order valence-corrected chi connectivity index (χ1v) is 6.52. The highest BCUT2D eigenvalue weighted by molar-refractivity contribution is 4.74. The van der Waals surface area contributed by atoms with Crippen molar-refractivity contribution < 1.29 is 0 Å². The molecule has 1 unspecified atom stereocenters. The first-order chi connectivity index (χ1) is 6.84. The van der Waals surface area contributed by atoms with E-state index in [1.54, 1.807) is 0 Å². The maximum Gasteiger partial charge on any atom is 0.00639 e. The molecule has 88 valence electrons. The Balaban J connectivity index is 0. The van der Waals surface area contributed by atoms with Crippen LogP contribution in [-0.2, 0) is 0 Å². The zero-order chi connectivity index (χ0) is 11.4. The third kappa shape index (κ3) is 7.37. The van der Waals surface area contributed by atoms with E-state index in [1.807, 2.05) is 27.7 Å². The predicted octanol–water partition coefficient (Wildman–Crippen LogP) is 4.23. The van der Waals surface area contributed by atoms with Crippen LogP contribution in [0.2, 0.25) is 0 Å². The van der Waals surface area contributed by atoms with Gasteiger partial charge in [0.2, 0.25) is 0 Å². The fourth-order valence-electron chi connectivity index (χ4n) is 1.87. The lowest BCUT2D eigenvalue weighted by atomic mass is 9.85. The summed E-state index contributed by atoms with van der Waals surface area (Å²) in [5.41, 5.74) is 0. The Labute approximate surface area is 91.7 Å². The molecule has 1 aliphatic rings. The van der Waals surface area contributed by atoms with Crippen LogP contribution in [0.15, 0.2) is 0 Å². The number of hydrogen-bond donors (Lipinski definition) is 1. The predicted molar refractivity (Wildman–Crippen MR) is 67.8 cm³/mol. The summed E-state index contributed by atoms with van der Waals surface area (Å²) in [5, 5.41) is 3.33. The highest BCUT2D eigenvalue weighted by Crippen LogP contribution is 2.25. The Morgan fingerprint density at radius 1 is 0.929 bits per heavy atom. The molecule has 1 atom stereocenters. The molecule has 0 bridgehead atoms. The summed E-state index contributed by atoms with van der Waals surface area (Å²) < 4.78 is 0. The SMILES string of the molecule is CC.CC.CNC(C)C1CCCCC1. The zero-order valence-corrected chi connectivity index (χ0v) is 11.2. The fourth-order valence-corrected chi connectivity index (χ4v) is 1.87. The Kier molecular flexibility index (Phi) is 15.2. The summed E-state index contributed by atoms with van der Waals surface area (Å²) in [6, 6.07) is 0.736. The minimum atomic E-state index is 0.736. The molecule has 14 heavy (non-hydrogen) atoms. The Hall–Kier alpha value is -0.0400. The molecule has 0 spiro atoms. The molecule has 1 saturated carbocycles. The van der Waals surface area contributed by atoms with Gasteiger partial charge in [0.1, 0.15) is 0 Å². The van der Waals surface area contributed by atoms with Gasteiger partial charge in [-0.1, -0.05) is 47.0 Å². The van der Waals surface area contributed by atoms with Crippen molar-refractivity contribution in [2.24, 2.45) is 5.92 Å². The van der Waals surface area contributed by atoms with E-state index in [0.717, 1.165) is 12.0 Å². The fraction of sp³-hybridized carbons (Fsp3) is 1.00. The van der Waals surface area contributed by atoms with Crippen LogP contribution in [-0.4, -0.2) is 13.1 Å². The van der Waals surface area contributed by atoms with Crippen LogP contribution in [0.1, 0.15) is 66.7 Å². The van der Waals surface area contributed by atoms with Gasteiger partial charge in [-0.25, -0.2) is 0 Å². The van der Waals surface area contributed by atoms with E-state index in [9.17, 15) is 0 Å². The smallest absolute Gasteiger partial charge is 0.00639 e. The van der Waals surface area contributed by atoms with Crippen LogP contribution < -0.4 is 5.32 Å². The van der Waals surface area contributed by atoms with Gasteiger partial charge in [-0.15, -0.1) is 0 Å². The van der Waals surface area contributed by atoms with Gasteiger partial charge < -0.3 is 5.32 Å². The molecular weight excluding hydrogens is 170 g/mol. The number of rotatable bonds is 2. The lowest BCUT2D eigenvalue weighted by Crippen LogP contribution is -2.31. The third-order valence-corrected chi connectivity index (χ3v) is 2.81. The van der Waals surface area contributed by atoms with Crippen LogP contribution in [0.3, 0.4) is 0 Å². The standard InChI is InChI=1S/C9H19N.2C2H6/c1-8(10-2)9-6-4-3-5-7-9;2*1-2/h8-10H,3-7H2,1-2H3;2*1-2H3. The second-order valence-corrected chi connectivity index (χ2v) is 3.48. The third-order valence-electron chi connectivity index (χ3n) is 2.81. The van der Waals surface area contributed by atoms with Crippen molar-refractivity contribution in [3.63, 3.8) is 0 Å². The quantitative estimate of drug-likeness (QED) is 0.705. The molecule has 0 radical (unpaired) electrons. The van der Waals surface area contributed by atoms with Crippen molar-refractivity contribution in [1.82, 2.24) is 5.32 Å². The molecule has 1 aliphatic carbocycles. The monoisotopic (exact) mass is 201 g/mol. The molecule has 0 heterocycles. The molecule has 1 N–H and O–H groups in total. The number of nitrogens with one attached hydrogen (secondary N) is 1. The van der Waals surface area contributed by atoms with Crippen molar-refractivity contribution in [2.75, 3.05) is 7.05 Å². The normalized spacial score (nSPS) is 18.4. The minimum absolute atomic E-state index is 0.736. The molecule has 1 heteroatoms. The van der Waals surface area contributed by atoms with Gasteiger partial charge in [0.05, 0.1) is 0 Å². The van der Waals surface area contributed by atoms with Gasteiger partial charge in [0.25, 0.3) is 0 Å². The summed E-state index contributed by atoms with van der Waals surface area (Å²) in [5.74, 6) is 0.957. The second-order valence-electron chi connectivity index (χ2n) is 3.48. The highest BCUT2D eigenvalue weighted by atomic mass is 14.9. The Morgan fingerprint density at radius 3 is 1.71 bits per heavy atom. The van der Waals surface area contributed by atoms with Crippen LogP contribution >= 0.6 is 0 Å². The summed E-state index contributed by atoms with van der Waals surface area (Å²) >= 11 is 0. The molecular formula is C13H31N. The van der Waals surface area contributed by atoms with Gasteiger partial charge in [-0.3, -0.25) is 0 Å². The van der Waals surface area contributed by atoms with E-state index in [4.69, 9.17) is 0 Å². The molecule has 1 nitrogen and oxygen atoms in total. The van der Waals surface area contributed by atoms with Crippen LogP contribution in [0.25, 0.3) is 0 Å². The molecule has 1 rings (SSSR count). The number of hydrogen-bond acceptors (Lipinski definition) is 1. The van der Waals surface area contributed by atoms with Crippen LogP contribution in [0.4, 0.5) is 0 Å². The van der Waals surface area contributed by atoms with E-state index in [2.05, 4.69) is 19.3 Å². The lowest BCUT2D eigenvalue weighted by Gasteiger charge is -2.27. The van der Waals surface area contributed by atoms with E-state index in [1.165, 1.54) is 32.1 Å². The van der Waals surface area contributed by atoms with Gasteiger partial charge >= 0.3 is 0 Å². The van der Waals surface area contributed by atoms with Gasteiger partial charge in [-0.05, 0) is 32.7 Å². The first kappa shape index (κ1) is 16.4. The molecule has 0 aliphatic heterocycles. The van der Waals surface area contributed by atoms with Gasteiger partial charge in [-0.2, -0.15) is 0 Å². The van der Waals surface area contributed by atoms with E-state index >= 15 is 0 Å². The average Bonchev–Trinajstić information content (AvgIpc) is 2.34. The highest BCUT2D eigenvalue weighted by Gasteiger charge is 2.17.